The van der Waals surface area contributed by atoms with Gasteiger partial charge in [-0.25, -0.2) is 4.79 Å². The van der Waals surface area contributed by atoms with Crippen LogP contribution in [0, 0.1) is 13.8 Å². The summed E-state index contributed by atoms with van der Waals surface area (Å²) < 4.78 is 80.3. The number of hydrogen-bond donors (Lipinski definition) is 0. The lowest BCUT2D eigenvalue weighted by Crippen LogP contribution is -2.58. The van der Waals surface area contributed by atoms with Crippen LogP contribution in [0.5, 0.6) is 0 Å². The van der Waals surface area contributed by atoms with Crippen molar-refractivity contribution in [1.29, 1.82) is 0 Å². The van der Waals surface area contributed by atoms with Crippen LogP contribution < -0.4 is 0 Å². The Morgan fingerprint density at radius 1 is 0.744 bits per heavy atom. The minimum atomic E-state index is -4.48. The van der Waals surface area contributed by atoms with Crippen LogP contribution in [0.2, 0.25) is 0 Å². The van der Waals surface area contributed by atoms with Crippen molar-refractivity contribution in [2.75, 3.05) is 13.7 Å². The number of carbonyl (C=O) groups excluding carboxylic acids is 1. The van der Waals surface area contributed by atoms with E-state index in [4.69, 9.17) is 22.6 Å². The largest absolute Gasteiger partial charge is 0.450 e. The fraction of sp³-hybridized carbons (Fsp3) is 0.296. The van der Waals surface area contributed by atoms with Gasteiger partial charge >= 0.3 is 5.97 Å². The molecular weight excluding hydrogens is 548 g/mol. The van der Waals surface area contributed by atoms with Gasteiger partial charge < -0.3 is 14.2 Å². The third-order valence-corrected chi connectivity index (χ3v) is 8.65. The Labute approximate surface area is 227 Å². The molecule has 0 radical (unpaired) electrons. The molecule has 0 aliphatic carbocycles. The second kappa shape index (κ2) is 11.9. The standard InChI is InChI=1S/C27H28O10S2/c1-18-9-13-21(14-10-18)38(29,30)36-23-17-34-27(33-3)25(35-26(28)20-7-5-4-6-8-20)24(23)37-39(31,32)22-15-11-19(2)12-16-22/h4-16,23-25,27H,17H2,1-3H3. The van der Waals surface area contributed by atoms with Gasteiger partial charge in [0.25, 0.3) is 20.2 Å². The fourth-order valence-corrected chi connectivity index (χ4v) is 6.04. The first-order valence-electron chi connectivity index (χ1n) is 11.9. The van der Waals surface area contributed by atoms with Crippen molar-refractivity contribution in [3.63, 3.8) is 0 Å². The van der Waals surface area contributed by atoms with Crippen molar-refractivity contribution in [2.45, 2.75) is 48.2 Å². The van der Waals surface area contributed by atoms with Gasteiger partial charge in [0.15, 0.2) is 12.4 Å². The molecule has 1 fully saturated rings. The van der Waals surface area contributed by atoms with Crippen molar-refractivity contribution in [3.05, 3.63) is 95.6 Å². The van der Waals surface area contributed by atoms with E-state index in [1.165, 1.54) is 43.5 Å². The molecule has 0 bridgehead atoms. The second-order valence-corrected chi connectivity index (χ2v) is 12.0. The predicted octanol–water partition coefficient (Wildman–Crippen LogP) is 3.38. The molecule has 1 saturated heterocycles. The summed E-state index contributed by atoms with van der Waals surface area (Å²) in [6.45, 7) is 3.15. The average molecular weight is 577 g/mol. The van der Waals surface area contributed by atoms with Gasteiger partial charge in [-0.3, -0.25) is 8.37 Å². The van der Waals surface area contributed by atoms with E-state index in [0.717, 1.165) is 11.1 Å². The van der Waals surface area contributed by atoms with Crippen LogP contribution >= 0.6 is 0 Å². The monoisotopic (exact) mass is 576 g/mol. The number of carbonyl (C=O) groups is 1. The van der Waals surface area contributed by atoms with Crippen LogP contribution in [0.4, 0.5) is 0 Å². The van der Waals surface area contributed by atoms with Crippen LogP contribution in [0.15, 0.2) is 88.7 Å². The molecule has 39 heavy (non-hydrogen) atoms. The molecule has 1 aliphatic rings. The fourth-order valence-electron chi connectivity index (χ4n) is 3.87. The van der Waals surface area contributed by atoms with E-state index in [1.54, 1.807) is 56.3 Å². The second-order valence-electron chi connectivity index (χ2n) is 8.90. The molecular formula is C27H28O10S2. The van der Waals surface area contributed by atoms with E-state index in [1.807, 2.05) is 0 Å². The molecule has 4 unspecified atom stereocenters. The SMILES string of the molecule is COC1OCC(OS(=O)(=O)c2ccc(C)cc2)C(OS(=O)(=O)c2ccc(C)cc2)C1OC(=O)c1ccccc1. The minimum absolute atomic E-state index is 0.153. The highest BCUT2D eigenvalue weighted by atomic mass is 32.2. The zero-order valence-corrected chi connectivity index (χ0v) is 23.1. The van der Waals surface area contributed by atoms with E-state index < -0.39 is 57.4 Å². The number of hydrogen-bond acceptors (Lipinski definition) is 10. The summed E-state index contributed by atoms with van der Waals surface area (Å²) in [4.78, 5) is 12.6. The van der Waals surface area contributed by atoms with Crippen LogP contribution in [0.25, 0.3) is 0 Å². The molecule has 3 aromatic rings. The molecule has 4 atom stereocenters. The summed E-state index contributed by atoms with van der Waals surface area (Å²) in [5, 5.41) is 0. The number of benzene rings is 3. The predicted molar refractivity (Wildman–Crippen MR) is 139 cm³/mol. The smallest absolute Gasteiger partial charge is 0.338 e. The molecule has 0 N–H and O–H groups in total. The summed E-state index contributed by atoms with van der Waals surface area (Å²) >= 11 is 0. The topological polar surface area (TPSA) is 132 Å². The average Bonchev–Trinajstić information content (AvgIpc) is 2.91. The van der Waals surface area contributed by atoms with Gasteiger partial charge in [0.05, 0.1) is 22.0 Å². The van der Waals surface area contributed by atoms with Crippen molar-refractivity contribution >= 4 is 26.2 Å². The summed E-state index contributed by atoms with van der Waals surface area (Å²) in [5.41, 5.74) is 1.82. The molecule has 12 heteroatoms. The van der Waals surface area contributed by atoms with E-state index in [2.05, 4.69) is 0 Å². The highest BCUT2D eigenvalue weighted by Crippen LogP contribution is 2.30. The molecule has 1 heterocycles. The number of methoxy groups -OCH3 is 1. The lowest BCUT2D eigenvalue weighted by molar-refractivity contribution is -0.251. The Kier molecular flexibility index (Phi) is 8.84. The minimum Gasteiger partial charge on any atom is -0.450 e. The first-order chi connectivity index (χ1) is 18.5. The van der Waals surface area contributed by atoms with Crippen LogP contribution in [0.3, 0.4) is 0 Å². The third-order valence-electron chi connectivity index (χ3n) is 5.98. The molecule has 1 aliphatic heterocycles. The van der Waals surface area contributed by atoms with Crippen molar-refractivity contribution in [3.8, 4) is 0 Å². The Bertz CT molecular complexity index is 1490. The maximum absolute atomic E-state index is 13.3. The Morgan fingerprint density at radius 2 is 1.26 bits per heavy atom. The lowest BCUT2D eigenvalue weighted by atomic mass is 10.1. The van der Waals surface area contributed by atoms with Crippen LogP contribution in [0.1, 0.15) is 21.5 Å². The highest BCUT2D eigenvalue weighted by molar-refractivity contribution is 7.87. The summed E-state index contributed by atoms with van der Waals surface area (Å²) in [6.07, 6.45) is -5.97. The first kappa shape index (κ1) is 28.9. The maximum atomic E-state index is 13.3. The third kappa shape index (κ3) is 6.90. The normalized spacial score (nSPS) is 21.8. The molecule has 0 spiro atoms. The van der Waals surface area contributed by atoms with Gasteiger partial charge in [-0.2, -0.15) is 16.8 Å². The maximum Gasteiger partial charge on any atom is 0.338 e. The van der Waals surface area contributed by atoms with Crippen molar-refractivity contribution < 1.29 is 44.2 Å². The molecule has 208 valence electrons. The molecule has 3 aromatic carbocycles. The van der Waals surface area contributed by atoms with Gasteiger partial charge in [-0.15, -0.1) is 0 Å². The number of esters is 1. The molecule has 0 aromatic heterocycles. The molecule has 4 rings (SSSR count). The van der Waals surface area contributed by atoms with Gasteiger partial charge in [-0.1, -0.05) is 53.6 Å². The summed E-state index contributed by atoms with van der Waals surface area (Å²) in [6, 6.07) is 19.7. The molecule has 0 amide bonds. The Morgan fingerprint density at radius 3 is 1.77 bits per heavy atom. The number of aryl methyl sites for hydroxylation is 2. The lowest BCUT2D eigenvalue weighted by Gasteiger charge is -2.39. The van der Waals surface area contributed by atoms with Crippen molar-refractivity contribution in [2.24, 2.45) is 0 Å². The van der Waals surface area contributed by atoms with E-state index in [-0.39, 0.29) is 15.4 Å². The van der Waals surface area contributed by atoms with Gasteiger partial charge in [0.2, 0.25) is 0 Å². The Hall–Kier alpha value is -3.13. The molecule has 0 saturated carbocycles. The van der Waals surface area contributed by atoms with Crippen molar-refractivity contribution in [1.82, 2.24) is 0 Å². The van der Waals surface area contributed by atoms with Gasteiger partial charge in [0, 0.05) is 7.11 Å². The van der Waals surface area contributed by atoms with E-state index in [0.29, 0.717) is 0 Å². The number of ether oxygens (including phenoxy) is 3. The summed E-state index contributed by atoms with van der Waals surface area (Å²) in [7, 11) is -7.61. The quantitative estimate of drug-likeness (QED) is 0.276. The Balaban J connectivity index is 1.71. The zero-order valence-electron chi connectivity index (χ0n) is 21.4. The van der Waals surface area contributed by atoms with Crippen LogP contribution in [-0.4, -0.2) is 61.1 Å². The van der Waals surface area contributed by atoms with Gasteiger partial charge in [-0.05, 0) is 50.2 Å². The zero-order chi connectivity index (χ0) is 28.2. The highest BCUT2D eigenvalue weighted by Gasteiger charge is 2.49. The van der Waals surface area contributed by atoms with Crippen LogP contribution in [-0.2, 0) is 42.8 Å². The number of rotatable bonds is 9. The summed E-state index contributed by atoms with van der Waals surface area (Å²) in [5.74, 6) is -0.824. The van der Waals surface area contributed by atoms with E-state index >= 15 is 0 Å². The first-order valence-corrected chi connectivity index (χ1v) is 14.7. The molecule has 10 nitrogen and oxygen atoms in total. The van der Waals surface area contributed by atoms with Gasteiger partial charge in [0.1, 0.15) is 12.2 Å². The van der Waals surface area contributed by atoms with E-state index in [9.17, 15) is 21.6 Å².